The summed E-state index contributed by atoms with van der Waals surface area (Å²) < 4.78 is 0. The Morgan fingerprint density at radius 2 is 2.29 bits per heavy atom. The first-order valence-electron chi connectivity index (χ1n) is 5.00. The van der Waals surface area contributed by atoms with E-state index in [-0.39, 0.29) is 5.41 Å². The molecule has 2 saturated carbocycles. The minimum Gasteiger partial charge on any atom is -0.481 e. The average molecular weight is 259 g/mol. The number of halogens is 1. The quantitative estimate of drug-likeness (QED) is 0.785. The van der Waals surface area contributed by atoms with Gasteiger partial charge in [0.25, 0.3) is 0 Å². The number of hydrogen-bond donors (Lipinski definition) is 1. The van der Waals surface area contributed by atoms with Crippen LogP contribution >= 0.6 is 15.9 Å². The Morgan fingerprint density at radius 3 is 2.71 bits per heavy atom. The van der Waals surface area contributed by atoms with Crippen LogP contribution in [0.5, 0.6) is 0 Å². The van der Waals surface area contributed by atoms with Crippen molar-refractivity contribution in [2.75, 3.05) is 0 Å². The van der Waals surface area contributed by atoms with Crippen molar-refractivity contribution in [1.29, 1.82) is 0 Å². The molecule has 0 aromatic carbocycles. The van der Waals surface area contributed by atoms with Crippen LogP contribution in [0.1, 0.15) is 33.1 Å². The van der Waals surface area contributed by atoms with E-state index < -0.39 is 11.4 Å². The molecule has 0 amide bonds. The average Bonchev–Trinajstić information content (AvgIpc) is 2.58. The highest BCUT2D eigenvalue weighted by molar-refractivity contribution is 9.11. The largest absolute Gasteiger partial charge is 0.481 e. The van der Waals surface area contributed by atoms with Gasteiger partial charge in [-0.25, -0.2) is 0 Å². The summed E-state index contributed by atoms with van der Waals surface area (Å²) in [5.74, 6) is -0.0984. The van der Waals surface area contributed by atoms with Gasteiger partial charge < -0.3 is 5.11 Å². The first kappa shape index (κ1) is 10.2. The van der Waals surface area contributed by atoms with Crippen molar-refractivity contribution in [3.05, 3.63) is 10.6 Å². The number of carbonyl (C=O) groups is 1. The Morgan fingerprint density at radius 1 is 1.64 bits per heavy atom. The lowest BCUT2D eigenvalue weighted by Gasteiger charge is -2.36. The minimum absolute atomic E-state index is 0.0557. The molecular formula is C11H15BrO2. The molecule has 0 aromatic heterocycles. The topological polar surface area (TPSA) is 37.3 Å². The molecular weight excluding hydrogens is 244 g/mol. The zero-order chi connectivity index (χ0) is 10.6. The predicted octanol–water partition coefficient (Wildman–Crippen LogP) is 3.18. The fourth-order valence-electron chi connectivity index (χ4n) is 3.30. The number of carboxylic acids is 1. The summed E-state index contributed by atoms with van der Waals surface area (Å²) >= 11 is 3.33. The van der Waals surface area contributed by atoms with E-state index in [1.165, 1.54) is 0 Å². The van der Waals surface area contributed by atoms with Crippen molar-refractivity contribution >= 4 is 21.9 Å². The molecule has 0 aliphatic heterocycles. The Labute approximate surface area is 92.5 Å². The Kier molecular flexibility index (Phi) is 2.08. The molecule has 0 aromatic rings. The Bertz CT molecular complexity index is 319. The highest BCUT2D eigenvalue weighted by Crippen LogP contribution is 2.66. The summed E-state index contributed by atoms with van der Waals surface area (Å²) in [4.78, 5) is 13.2. The zero-order valence-electron chi connectivity index (χ0n) is 8.51. The second kappa shape index (κ2) is 2.84. The summed E-state index contributed by atoms with van der Waals surface area (Å²) in [5.41, 5.74) is 0.575. The molecule has 2 aliphatic rings. The first-order valence-corrected chi connectivity index (χ1v) is 5.91. The van der Waals surface area contributed by atoms with Crippen LogP contribution in [0.3, 0.4) is 0 Å². The van der Waals surface area contributed by atoms with Gasteiger partial charge in [0.2, 0.25) is 0 Å². The lowest BCUT2D eigenvalue weighted by Crippen LogP contribution is -2.33. The zero-order valence-corrected chi connectivity index (χ0v) is 10.1. The fourth-order valence-corrected chi connectivity index (χ4v) is 4.33. The first-order chi connectivity index (χ1) is 6.45. The van der Waals surface area contributed by atoms with Gasteiger partial charge in [-0.1, -0.05) is 29.8 Å². The summed E-state index contributed by atoms with van der Waals surface area (Å²) in [5, 5.41) is 9.36. The molecule has 2 atom stereocenters. The van der Waals surface area contributed by atoms with Crippen LogP contribution in [0.4, 0.5) is 0 Å². The van der Waals surface area contributed by atoms with E-state index in [1.807, 2.05) is 4.99 Å². The molecule has 0 heterocycles. The second-order valence-electron chi connectivity index (χ2n) is 5.07. The summed E-state index contributed by atoms with van der Waals surface area (Å²) in [6.07, 6.45) is 2.70. The molecule has 0 spiro atoms. The highest BCUT2D eigenvalue weighted by atomic mass is 79.9. The third-order valence-corrected chi connectivity index (χ3v) is 4.72. The molecule has 0 radical (unpaired) electrons. The van der Waals surface area contributed by atoms with E-state index in [0.717, 1.165) is 24.8 Å². The van der Waals surface area contributed by atoms with E-state index in [4.69, 9.17) is 0 Å². The molecule has 3 heteroatoms. The van der Waals surface area contributed by atoms with Crippen LogP contribution in [0.25, 0.3) is 0 Å². The lowest BCUT2D eigenvalue weighted by molar-refractivity contribution is -0.146. The van der Waals surface area contributed by atoms with Crippen LogP contribution < -0.4 is 0 Å². The lowest BCUT2D eigenvalue weighted by atomic mass is 9.68. The van der Waals surface area contributed by atoms with E-state index in [2.05, 4.69) is 29.8 Å². The molecule has 2 fully saturated rings. The van der Waals surface area contributed by atoms with Crippen molar-refractivity contribution in [2.45, 2.75) is 33.1 Å². The second-order valence-corrected chi connectivity index (χ2v) is 5.53. The monoisotopic (exact) mass is 258 g/mol. The summed E-state index contributed by atoms with van der Waals surface area (Å²) in [7, 11) is 0. The van der Waals surface area contributed by atoms with E-state index in [0.29, 0.717) is 5.92 Å². The van der Waals surface area contributed by atoms with Gasteiger partial charge in [-0.05, 0) is 41.2 Å². The van der Waals surface area contributed by atoms with Gasteiger partial charge in [-0.15, -0.1) is 0 Å². The normalized spacial score (nSPS) is 41.9. The van der Waals surface area contributed by atoms with Crippen molar-refractivity contribution in [3.8, 4) is 0 Å². The maximum Gasteiger partial charge on any atom is 0.313 e. The van der Waals surface area contributed by atoms with Gasteiger partial charge in [-0.3, -0.25) is 4.79 Å². The van der Waals surface area contributed by atoms with Crippen LogP contribution in [0, 0.1) is 16.7 Å². The number of hydrogen-bond acceptors (Lipinski definition) is 1. The number of rotatable bonds is 1. The molecule has 2 unspecified atom stereocenters. The molecule has 2 aliphatic carbocycles. The molecule has 1 N–H and O–H groups in total. The molecule has 2 nitrogen and oxygen atoms in total. The molecule has 2 rings (SSSR count). The van der Waals surface area contributed by atoms with Gasteiger partial charge in [0.15, 0.2) is 0 Å². The van der Waals surface area contributed by atoms with Crippen molar-refractivity contribution in [2.24, 2.45) is 16.7 Å². The van der Waals surface area contributed by atoms with Crippen molar-refractivity contribution in [3.63, 3.8) is 0 Å². The Balaban J connectivity index is 2.52. The van der Waals surface area contributed by atoms with Gasteiger partial charge in [0.1, 0.15) is 0 Å². The standard InChI is InChI=1S/C11H15BrO2/c1-10(2)7-3-4-11(5-7,9(13)14)8(10)6-12/h6-7H,3-5H2,1-2H3,(H,13,14)/b8-6+. The fraction of sp³-hybridized carbons (Fsp3) is 0.727. The molecule has 0 saturated heterocycles. The third kappa shape index (κ3) is 0.992. The third-order valence-electron chi connectivity index (χ3n) is 4.26. The van der Waals surface area contributed by atoms with E-state index >= 15 is 0 Å². The molecule has 14 heavy (non-hydrogen) atoms. The number of fused-ring (bicyclic) bond motifs is 2. The van der Waals surface area contributed by atoms with E-state index in [9.17, 15) is 9.90 Å². The van der Waals surface area contributed by atoms with Gasteiger partial charge >= 0.3 is 5.97 Å². The summed E-state index contributed by atoms with van der Waals surface area (Å²) in [6.45, 7) is 4.32. The van der Waals surface area contributed by atoms with Crippen LogP contribution in [-0.2, 0) is 4.79 Å². The van der Waals surface area contributed by atoms with Gasteiger partial charge in [0, 0.05) is 0 Å². The van der Waals surface area contributed by atoms with Crippen LogP contribution in [-0.4, -0.2) is 11.1 Å². The van der Waals surface area contributed by atoms with Gasteiger partial charge in [-0.2, -0.15) is 0 Å². The SMILES string of the molecule is CC1(C)/C(=C\Br)C2(C(=O)O)CCC1C2. The number of aliphatic carboxylic acids is 1. The maximum absolute atomic E-state index is 11.4. The molecule has 2 bridgehead atoms. The predicted molar refractivity (Wildman–Crippen MR) is 58.2 cm³/mol. The van der Waals surface area contributed by atoms with Gasteiger partial charge in [0.05, 0.1) is 5.41 Å². The summed E-state index contributed by atoms with van der Waals surface area (Å²) in [6, 6.07) is 0. The minimum atomic E-state index is -0.642. The number of carboxylic acid groups (broad SMARTS) is 1. The van der Waals surface area contributed by atoms with Crippen LogP contribution in [0.2, 0.25) is 0 Å². The highest BCUT2D eigenvalue weighted by Gasteiger charge is 2.61. The van der Waals surface area contributed by atoms with Crippen molar-refractivity contribution < 1.29 is 9.90 Å². The smallest absolute Gasteiger partial charge is 0.313 e. The van der Waals surface area contributed by atoms with Crippen molar-refractivity contribution in [1.82, 2.24) is 0 Å². The molecule has 78 valence electrons. The van der Waals surface area contributed by atoms with E-state index in [1.54, 1.807) is 0 Å². The Hall–Kier alpha value is -0.310. The van der Waals surface area contributed by atoms with Crippen LogP contribution in [0.15, 0.2) is 10.6 Å². The maximum atomic E-state index is 11.4.